The summed E-state index contributed by atoms with van der Waals surface area (Å²) in [6, 6.07) is 10.5. The number of amides is 1. The van der Waals surface area contributed by atoms with Gasteiger partial charge in [0, 0.05) is 25.2 Å². The van der Waals surface area contributed by atoms with Gasteiger partial charge in [0.2, 0.25) is 5.91 Å². The molecule has 0 aliphatic heterocycles. The molecule has 0 saturated carbocycles. The molecule has 0 unspecified atom stereocenters. The molecule has 4 aromatic rings. The fourth-order valence-electron chi connectivity index (χ4n) is 3.47. The predicted molar refractivity (Wildman–Crippen MR) is 112 cm³/mol. The molecule has 0 radical (unpaired) electrons. The van der Waals surface area contributed by atoms with Crippen LogP contribution in [0.25, 0.3) is 20.4 Å². The van der Waals surface area contributed by atoms with Crippen molar-refractivity contribution in [2.75, 3.05) is 14.1 Å². The first kappa shape index (κ1) is 18.3. The summed E-state index contributed by atoms with van der Waals surface area (Å²) < 4.78 is 1.95. The van der Waals surface area contributed by atoms with Crippen molar-refractivity contribution in [1.29, 1.82) is 0 Å². The molecule has 6 nitrogen and oxygen atoms in total. The molecule has 0 bridgehead atoms. The van der Waals surface area contributed by atoms with Gasteiger partial charge in [0.15, 0.2) is 0 Å². The van der Waals surface area contributed by atoms with E-state index in [4.69, 9.17) is 0 Å². The van der Waals surface area contributed by atoms with E-state index in [1.807, 2.05) is 50.2 Å². The van der Waals surface area contributed by atoms with Crippen molar-refractivity contribution in [2.24, 2.45) is 0 Å². The summed E-state index contributed by atoms with van der Waals surface area (Å²) in [6.45, 7) is 3.93. The Kier molecular flexibility index (Phi) is 4.47. The van der Waals surface area contributed by atoms with Gasteiger partial charge >= 0.3 is 0 Å². The van der Waals surface area contributed by atoms with Crippen LogP contribution in [-0.2, 0) is 4.79 Å². The third-order valence-corrected chi connectivity index (χ3v) is 5.83. The number of nitrogens with zero attached hydrogens (tertiary/aromatic N) is 4. The van der Waals surface area contributed by atoms with Crippen LogP contribution in [0.5, 0.6) is 0 Å². The van der Waals surface area contributed by atoms with Crippen molar-refractivity contribution in [3.63, 3.8) is 0 Å². The Morgan fingerprint density at radius 1 is 1.18 bits per heavy atom. The molecule has 28 heavy (non-hydrogen) atoms. The highest BCUT2D eigenvalue weighted by Crippen LogP contribution is 2.32. The van der Waals surface area contributed by atoms with Crippen LogP contribution in [0.2, 0.25) is 0 Å². The van der Waals surface area contributed by atoms with Crippen LogP contribution < -0.4 is 5.56 Å². The molecule has 0 spiro atoms. The highest BCUT2D eigenvalue weighted by atomic mass is 32.1. The van der Waals surface area contributed by atoms with Crippen LogP contribution in [0.15, 0.2) is 47.5 Å². The minimum absolute atomic E-state index is 0.180. The lowest BCUT2D eigenvalue weighted by Crippen LogP contribution is -2.37. The Balaban J connectivity index is 2.00. The number of likely N-dealkylation sites (N-methyl/N-ethyl adjacent to an activating group) is 1. The maximum atomic E-state index is 13.4. The van der Waals surface area contributed by atoms with E-state index in [-0.39, 0.29) is 11.5 Å². The van der Waals surface area contributed by atoms with E-state index in [1.54, 1.807) is 14.1 Å². The van der Waals surface area contributed by atoms with E-state index < -0.39 is 6.04 Å². The number of rotatable bonds is 3. The quantitative estimate of drug-likeness (QED) is 0.536. The number of hydrogen-bond acceptors (Lipinski definition) is 5. The summed E-state index contributed by atoms with van der Waals surface area (Å²) in [6.07, 6.45) is 1.48. The number of thiophene rings is 1. The van der Waals surface area contributed by atoms with Gasteiger partial charge in [-0.1, -0.05) is 30.3 Å². The molecule has 1 aromatic carbocycles. The number of carbonyl (C=O) groups excluding carboxylic acids is 1. The van der Waals surface area contributed by atoms with Crippen molar-refractivity contribution < 1.29 is 4.79 Å². The summed E-state index contributed by atoms with van der Waals surface area (Å²) in [5.41, 5.74) is 3.12. The normalized spacial score (nSPS) is 12.4. The van der Waals surface area contributed by atoms with Crippen LogP contribution in [-0.4, -0.2) is 39.4 Å². The molecule has 3 aromatic heterocycles. The van der Waals surface area contributed by atoms with Gasteiger partial charge in [-0.25, -0.2) is 9.97 Å². The molecule has 1 amide bonds. The zero-order chi connectivity index (χ0) is 20.0. The first-order chi connectivity index (χ1) is 13.4. The largest absolute Gasteiger partial charge is 0.347 e. The molecular formula is C21H20N4O2S. The molecule has 4 rings (SSSR count). The molecule has 0 N–H and O–H groups in total. The second kappa shape index (κ2) is 6.83. The summed E-state index contributed by atoms with van der Waals surface area (Å²) in [5.74, 6) is -0.180. The van der Waals surface area contributed by atoms with E-state index in [1.165, 1.54) is 27.1 Å². The van der Waals surface area contributed by atoms with Gasteiger partial charge in [-0.15, -0.1) is 11.3 Å². The van der Waals surface area contributed by atoms with Crippen molar-refractivity contribution >= 4 is 37.7 Å². The van der Waals surface area contributed by atoms with Crippen LogP contribution in [0.1, 0.15) is 22.9 Å². The average molecular weight is 392 g/mol. The Bertz CT molecular complexity index is 1260. The number of pyridine rings is 1. The molecular weight excluding hydrogens is 372 g/mol. The summed E-state index contributed by atoms with van der Waals surface area (Å²) in [7, 11) is 3.37. The van der Waals surface area contributed by atoms with Gasteiger partial charge in [0.1, 0.15) is 15.6 Å². The van der Waals surface area contributed by atoms with Gasteiger partial charge < -0.3 is 4.90 Å². The third kappa shape index (κ3) is 2.88. The monoisotopic (exact) mass is 392 g/mol. The maximum absolute atomic E-state index is 13.4. The van der Waals surface area contributed by atoms with Crippen molar-refractivity contribution in [3.8, 4) is 0 Å². The average Bonchev–Trinajstić information content (AvgIpc) is 3.04. The Morgan fingerprint density at radius 2 is 1.89 bits per heavy atom. The van der Waals surface area contributed by atoms with Gasteiger partial charge in [-0.3, -0.25) is 14.2 Å². The molecule has 0 aliphatic rings. The minimum Gasteiger partial charge on any atom is -0.347 e. The Hall–Kier alpha value is -3.06. The molecule has 142 valence electrons. The van der Waals surface area contributed by atoms with Crippen molar-refractivity contribution in [1.82, 2.24) is 19.4 Å². The second-order valence-corrected chi connectivity index (χ2v) is 8.04. The van der Waals surface area contributed by atoms with Crippen LogP contribution >= 0.6 is 11.3 Å². The van der Waals surface area contributed by atoms with Gasteiger partial charge in [-0.2, -0.15) is 0 Å². The number of aromatic nitrogens is 3. The minimum atomic E-state index is -0.762. The summed E-state index contributed by atoms with van der Waals surface area (Å²) in [5, 5.41) is 0.907. The third-order valence-electron chi connectivity index (χ3n) is 4.77. The lowest BCUT2D eigenvalue weighted by Gasteiger charge is -2.22. The van der Waals surface area contributed by atoms with Crippen molar-refractivity contribution in [3.05, 3.63) is 69.9 Å². The highest BCUT2D eigenvalue weighted by Gasteiger charge is 2.27. The van der Waals surface area contributed by atoms with E-state index in [9.17, 15) is 9.59 Å². The van der Waals surface area contributed by atoms with Gasteiger partial charge in [-0.05, 0) is 31.0 Å². The smallest absolute Gasteiger partial charge is 0.272 e. The van der Waals surface area contributed by atoms with Crippen molar-refractivity contribution in [2.45, 2.75) is 19.9 Å². The lowest BCUT2D eigenvalue weighted by molar-refractivity contribution is -0.131. The SMILES string of the molecule is Cc1cc(C)c2c(n1)sc1c(=O)n([C@@H](C(=O)N(C)C)c3ccccc3)cnc12. The maximum Gasteiger partial charge on any atom is 0.272 e. The lowest BCUT2D eigenvalue weighted by atomic mass is 10.1. The van der Waals surface area contributed by atoms with E-state index in [0.29, 0.717) is 10.2 Å². The summed E-state index contributed by atoms with van der Waals surface area (Å²) in [4.78, 5) is 37.7. The van der Waals surface area contributed by atoms with Crippen LogP contribution in [0, 0.1) is 13.8 Å². The highest BCUT2D eigenvalue weighted by molar-refractivity contribution is 7.25. The molecule has 0 fully saturated rings. The standard InChI is InChI=1S/C21H20N4O2S/c1-12-10-13(2)23-19-15(12)16-18(28-19)21(27)25(11-22-16)17(20(26)24(3)4)14-8-6-5-7-9-14/h5-11,17H,1-4H3/t17-/m1/s1. The first-order valence-electron chi connectivity index (χ1n) is 8.92. The predicted octanol–water partition coefficient (Wildman–Crippen LogP) is 3.30. The van der Waals surface area contributed by atoms with E-state index in [0.717, 1.165) is 27.0 Å². The van der Waals surface area contributed by atoms with Crippen LogP contribution in [0.3, 0.4) is 0 Å². The fourth-order valence-corrected chi connectivity index (χ4v) is 4.65. The number of fused-ring (bicyclic) bond motifs is 3. The number of benzene rings is 1. The Labute approximate surface area is 166 Å². The topological polar surface area (TPSA) is 68.1 Å². The molecule has 7 heteroatoms. The zero-order valence-electron chi connectivity index (χ0n) is 16.1. The van der Waals surface area contributed by atoms with Gasteiger partial charge in [0.25, 0.3) is 5.56 Å². The fraction of sp³-hybridized carbons (Fsp3) is 0.238. The number of hydrogen-bond donors (Lipinski definition) is 0. The zero-order valence-corrected chi connectivity index (χ0v) is 16.9. The van der Waals surface area contributed by atoms with Crippen LogP contribution in [0.4, 0.5) is 0 Å². The molecule has 0 aliphatic carbocycles. The van der Waals surface area contributed by atoms with E-state index >= 15 is 0 Å². The summed E-state index contributed by atoms with van der Waals surface area (Å²) >= 11 is 1.33. The molecule has 3 heterocycles. The first-order valence-corrected chi connectivity index (χ1v) is 9.74. The molecule has 0 saturated heterocycles. The Morgan fingerprint density at radius 3 is 2.57 bits per heavy atom. The van der Waals surface area contributed by atoms with Gasteiger partial charge in [0.05, 0.1) is 11.8 Å². The number of aryl methyl sites for hydroxylation is 2. The number of carbonyl (C=O) groups is 1. The second-order valence-electron chi connectivity index (χ2n) is 7.04. The molecule has 1 atom stereocenters. The van der Waals surface area contributed by atoms with E-state index in [2.05, 4.69) is 9.97 Å².